The minimum Gasteiger partial charge on any atom is -0.342 e. The van der Waals surface area contributed by atoms with E-state index < -0.39 is 11.2 Å². The van der Waals surface area contributed by atoms with Crippen LogP contribution in [0.3, 0.4) is 0 Å². The Bertz CT molecular complexity index is 621. The van der Waals surface area contributed by atoms with Crippen LogP contribution in [0.15, 0.2) is 18.5 Å². The highest BCUT2D eigenvalue weighted by Crippen LogP contribution is 2.44. The fourth-order valence-electron chi connectivity index (χ4n) is 3.70. The van der Waals surface area contributed by atoms with Crippen LogP contribution in [0.25, 0.3) is 0 Å². The van der Waals surface area contributed by atoms with Crippen molar-refractivity contribution in [2.24, 2.45) is 11.3 Å². The third-order valence-corrected chi connectivity index (χ3v) is 5.12. The molecule has 0 saturated carbocycles. The fourth-order valence-corrected chi connectivity index (χ4v) is 3.70. The summed E-state index contributed by atoms with van der Waals surface area (Å²) >= 11 is 0. The molecule has 2 aliphatic heterocycles. The normalized spacial score (nSPS) is 28.0. The third kappa shape index (κ3) is 2.09. The molecule has 0 aromatic carbocycles. The van der Waals surface area contributed by atoms with E-state index in [1.54, 1.807) is 4.90 Å². The molecule has 3 rings (SSSR count). The van der Waals surface area contributed by atoms with Gasteiger partial charge in [0.15, 0.2) is 5.82 Å². The smallest absolute Gasteiger partial charge is 0.256 e. The Morgan fingerprint density at radius 1 is 1.55 bits per heavy atom. The Balaban J connectivity index is 1.84. The Kier molecular flexibility index (Phi) is 3.62. The molecular formula is C16H20FN3O2. The summed E-state index contributed by atoms with van der Waals surface area (Å²) in [5, 5.41) is 0. The van der Waals surface area contributed by atoms with E-state index in [1.165, 1.54) is 12.3 Å². The summed E-state index contributed by atoms with van der Waals surface area (Å²) in [4.78, 5) is 32.3. The second-order valence-electron chi connectivity index (χ2n) is 6.23. The Morgan fingerprint density at radius 2 is 2.32 bits per heavy atom. The molecule has 3 heterocycles. The summed E-state index contributed by atoms with van der Waals surface area (Å²) in [7, 11) is 0. The predicted molar refractivity (Wildman–Crippen MR) is 78.6 cm³/mol. The number of halogens is 1. The summed E-state index contributed by atoms with van der Waals surface area (Å²) < 4.78 is 13.8. The van der Waals surface area contributed by atoms with Crippen molar-refractivity contribution in [3.05, 3.63) is 29.8 Å². The average Bonchev–Trinajstić information content (AvgIpc) is 3.01. The SMILES string of the molecule is CCN1CC[C@@]2(CN(C(=O)c3ccncc3F)C[C@@H]2C)C1=O. The number of nitrogens with zero attached hydrogens (tertiary/aromatic N) is 3. The molecule has 22 heavy (non-hydrogen) atoms. The summed E-state index contributed by atoms with van der Waals surface area (Å²) in [5.74, 6) is -0.751. The zero-order valence-corrected chi connectivity index (χ0v) is 12.9. The van der Waals surface area contributed by atoms with E-state index in [-0.39, 0.29) is 23.3 Å². The maximum Gasteiger partial charge on any atom is 0.256 e. The maximum absolute atomic E-state index is 13.8. The van der Waals surface area contributed by atoms with Gasteiger partial charge in [-0.2, -0.15) is 0 Å². The van der Waals surface area contributed by atoms with Crippen LogP contribution in [0.4, 0.5) is 4.39 Å². The first-order valence-corrected chi connectivity index (χ1v) is 7.67. The lowest BCUT2D eigenvalue weighted by Crippen LogP contribution is -2.40. The summed E-state index contributed by atoms with van der Waals surface area (Å²) in [6.07, 6.45) is 3.22. The summed E-state index contributed by atoms with van der Waals surface area (Å²) in [6, 6.07) is 1.39. The van der Waals surface area contributed by atoms with Crippen LogP contribution in [-0.2, 0) is 4.79 Å². The van der Waals surface area contributed by atoms with Crippen molar-refractivity contribution >= 4 is 11.8 Å². The van der Waals surface area contributed by atoms with Crippen molar-refractivity contribution in [3.63, 3.8) is 0 Å². The van der Waals surface area contributed by atoms with Crippen molar-refractivity contribution in [1.29, 1.82) is 0 Å². The predicted octanol–water partition coefficient (Wildman–Crippen LogP) is 1.55. The van der Waals surface area contributed by atoms with Gasteiger partial charge in [0.1, 0.15) is 0 Å². The van der Waals surface area contributed by atoms with E-state index in [0.717, 1.165) is 19.2 Å². The highest BCUT2D eigenvalue weighted by atomic mass is 19.1. The highest BCUT2D eigenvalue weighted by Gasteiger charge is 2.55. The summed E-state index contributed by atoms with van der Waals surface area (Å²) in [5.41, 5.74) is -0.466. The second kappa shape index (κ2) is 5.34. The lowest BCUT2D eigenvalue weighted by molar-refractivity contribution is -0.136. The van der Waals surface area contributed by atoms with Crippen LogP contribution in [0.1, 0.15) is 30.6 Å². The third-order valence-electron chi connectivity index (χ3n) is 5.12. The van der Waals surface area contributed by atoms with Crippen molar-refractivity contribution in [3.8, 4) is 0 Å². The van der Waals surface area contributed by atoms with E-state index in [0.29, 0.717) is 19.6 Å². The minimum absolute atomic E-state index is 0.0250. The molecule has 1 aromatic rings. The van der Waals surface area contributed by atoms with Gasteiger partial charge in [0, 0.05) is 32.4 Å². The Morgan fingerprint density at radius 3 is 2.95 bits per heavy atom. The lowest BCUT2D eigenvalue weighted by atomic mass is 9.78. The molecule has 6 heteroatoms. The lowest BCUT2D eigenvalue weighted by Gasteiger charge is -2.26. The molecule has 0 unspecified atom stereocenters. The number of carbonyl (C=O) groups is 2. The first-order chi connectivity index (χ1) is 10.5. The molecule has 1 spiro atoms. The van der Waals surface area contributed by atoms with Crippen LogP contribution in [0.2, 0.25) is 0 Å². The molecule has 2 amide bonds. The number of pyridine rings is 1. The number of likely N-dealkylation sites (tertiary alicyclic amines) is 2. The Hall–Kier alpha value is -1.98. The van der Waals surface area contributed by atoms with Crippen LogP contribution >= 0.6 is 0 Å². The van der Waals surface area contributed by atoms with E-state index in [1.807, 2.05) is 18.7 Å². The summed E-state index contributed by atoms with van der Waals surface area (Å²) in [6.45, 7) is 6.28. The van der Waals surface area contributed by atoms with E-state index in [4.69, 9.17) is 0 Å². The highest BCUT2D eigenvalue weighted by molar-refractivity contribution is 5.96. The van der Waals surface area contributed by atoms with Gasteiger partial charge in [0.05, 0.1) is 17.2 Å². The quantitative estimate of drug-likeness (QED) is 0.833. The molecule has 2 atom stereocenters. The van der Waals surface area contributed by atoms with Gasteiger partial charge in [-0.1, -0.05) is 6.92 Å². The number of amides is 2. The number of hydrogen-bond acceptors (Lipinski definition) is 3. The average molecular weight is 305 g/mol. The van der Waals surface area contributed by atoms with Gasteiger partial charge in [-0.3, -0.25) is 14.6 Å². The van der Waals surface area contributed by atoms with Gasteiger partial charge in [-0.15, -0.1) is 0 Å². The zero-order valence-electron chi connectivity index (χ0n) is 12.9. The van der Waals surface area contributed by atoms with Gasteiger partial charge in [-0.05, 0) is 25.3 Å². The zero-order chi connectivity index (χ0) is 15.9. The monoisotopic (exact) mass is 305 g/mol. The molecule has 2 saturated heterocycles. The number of hydrogen-bond donors (Lipinski definition) is 0. The molecule has 1 aromatic heterocycles. The molecule has 2 fully saturated rings. The van der Waals surface area contributed by atoms with Crippen molar-refractivity contribution < 1.29 is 14.0 Å². The molecule has 0 aliphatic carbocycles. The Labute approximate surface area is 129 Å². The molecule has 0 N–H and O–H groups in total. The van der Waals surface area contributed by atoms with E-state index in [9.17, 15) is 14.0 Å². The topological polar surface area (TPSA) is 53.5 Å². The largest absolute Gasteiger partial charge is 0.342 e. The van der Waals surface area contributed by atoms with Crippen LogP contribution in [0.5, 0.6) is 0 Å². The molecular weight excluding hydrogens is 285 g/mol. The molecule has 0 bridgehead atoms. The van der Waals surface area contributed by atoms with Gasteiger partial charge in [-0.25, -0.2) is 4.39 Å². The van der Waals surface area contributed by atoms with Crippen LogP contribution in [0, 0.1) is 17.2 Å². The van der Waals surface area contributed by atoms with E-state index in [2.05, 4.69) is 4.98 Å². The molecule has 0 radical (unpaired) electrons. The van der Waals surface area contributed by atoms with Gasteiger partial charge >= 0.3 is 0 Å². The molecule has 5 nitrogen and oxygen atoms in total. The van der Waals surface area contributed by atoms with Crippen molar-refractivity contribution in [1.82, 2.24) is 14.8 Å². The van der Waals surface area contributed by atoms with Gasteiger partial charge < -0.3 is 9.80 Å². The molecule has 2 aliphatic rings. The molecule has 118 valence electrons. The van der Waals surface area contributed by atoms with Crippen molar-refractivity contribution in [2.75, 3.05) is 26.2 Å². The minimum atomic E-state index is -0.617. The van der Waals surface area contributed by atoms with Crippen LogP contribution < -0.4 is 0 Å². The van der Waals surface area contributed by atoms with Gasteiger partial charge in [0.25, 0.3) is 5.91 Å². The number of rotatable bonds is 2. The van der Waals surface area contributed by atoms with E-state index >= 15 is 0 Å². The number of carbonyl (C=O) groups excluding carboxylic acids is 2. The van der Waals surface area contributed by atoms with Crippen LogP contribution in [-0.4, -0.2) is 52.8 Å². The maximum atomic E-state index is 13.8. The standard InChI is InChI=1S/C16H20FN3O2/c1-3-19-7-5-16(15(19)22)10-20(9-11(16)2)14(21)12-4-6-18-8-13(12)17/h4,6,8,11H,3,5,7,9-10H2,1-2H3/t11-,16-/m0/s1. The first-order valence-electron chi connectivity index (χ1n) is 7.67. The van der Waals surface area contributed by atoms with Crippen molar-refractivity contribution in [2.45, 2.75) is 20.3 Å². The second-order valence-corrected chi connectivity index (χ2v) is 6.23. The fraction of sp³-hybridized carbons (Fsp3) is 0.562. The van der Waals surface area contributed by atoms with Gasteiger partial charge in [0.2, 0.25) is 5.91 Å². The first kappa shape index (κ1) is 14.9. The number of aromatic nitrogens is 1.